The second kappa shape index (κ2) is 10.9. The first-order valence-corrected chi connectivity index (χ1v) is 11.6. The van der Waals surface area contributed by atoms with Gasteiger partial charge < -0.3 is 4.74 Å². The molecule has 3 aromatic carbocycles. The molecule has 0 N–H and O–H groups in total. The van der Waals surface area contributed by atoms with Gasteiger partial charge in [0.25, 0.3) is 0 Å². The Hall–Kier alpha value is -3.09. The number of carbonyl (C=O) groups excluding carboxylic acids is 1. The molecule has 0 unspecified atom stereocenters. The largest absolute Gasteiger partial charge is 0.462 e. The highest BCUT2D eigenvalue weighted by Gasteiger charge is 2.30. The number of hydrogen-bond donors (Lipinski definition) is 0. The van der Waals surface area contributed by atoms with Gasteiger partial charge in [0.2, 0.25) is 0 Å². The number of benzene rings is 3. The van der Waals surface area contributed by atoms with Gasteiger partial charge in [-0.15, -0.1) is 0 Å². The molecule has 1 aliphatic carbocycles. The summed E-state index contributed by atoms with van der Waals surface area (Å²) in [6, 6.07) is 14.1. The summed E-state index contributed by atoms with van der Waals surface area (Å²) >= 11 is 0. The summed E-state index contributed by atoms with van der Waals surface area (Å²) in [7, 11) is 1.44. The lowest BCUT2D eigenvalue weighted by Gasteiger charge is -2.24. The molecule has 0 amide bonds. The van der Waals surface area contributed by atoms with E-state index in [-0.39, 0.29) is 30.8 Å². The Morgan fingerprint density at radius 3 is 2.09 bits per heavy atom. The lowest BCUT2D eigenvalue weighted by atomic mass is 9.81. The van der Waals surface area contributed by atoms with Crippen LogP contribution in [0.1, 0.15) is 60.0 Å². The van der Waals surface area contributed by atoms with Crippen LogP contribution in [-0.4, -0.2) is 19.7 Å². The fraction of sp³-hybridized carbons (Fsp3) is 0.321. The lowest BCUT2D eigenvalue weighted by Crippen LogP contribution is -2.14. The number of halogens is 2. The zero-order valence-corrected chi connectivity index (χ0v) is 19.4. The van der Waals surface area contributed by atoms with Crippen molar-refractivity contribution in [2.45, 2.75) is 45.1 Å². The highest BCUT2D eigenvalue weighted by molar-refractivity contribution is 6.05. The maximum Gasteiger partial charge on any atom is 0.339 e. The molecule has 1 fully saturated rings. The molecule has 0 aliphatic heterocycles. The van der Waals surface area contributed by atoms with Crippen molar-refractivity contribution in [2.75, 3.05) is 13.7 Å². The van der Waals surface area contributed by atoms with Gasteiger partial charge in [-0.1, -0.05) is 37.1 Å². The van der Waals surface area contributed by atoms with Crippen molar-refractivity contribution in [3.63, 3.8) is 0 Å². The first kappa shape index (κ1) is 24.0. The summed E-state index contributed by atoms with van der Waals surface area (Å²) in [6.07, 6.45) is 4.27. The molecule has 178 valence electrons. The molecule has 0 bridgehead atoms. The van der Waals surface area contributed by atoms with E-state index in [1.807, 2.05) is 6.07 Å². The fourth-order valence-corrected chi connectivity index (χ4v) is 4.83. The van der Waals surface area contributed by atoms with E-state index in [9.17, 15) is 13.6 Å². The zero-order valence-electron chi connectivity index (χ0n) is 19.4. The molecular weight excluding hydrogens is 438 g/mol. The van der Waals surface area contributed by atoms with Crippen LogP contribution in [0.3, 0.4) is 0 Å². The third-order valence-electron chi connectivity index (χ3n) is 6.35. The van der Waals surface area contributed by atoms with Gasteiger partial charge in [0.05, 0.1) is 19.3 Å². The average molecular weight is 467 g/mol. The molecule has 34 heavy (non-hydrogen) atoms. The van der Waals surface area contributed by atoms with Crippen LogP contribution < -0.4 is 0 Å². The standard InChI is InChI=1S/C28H28F2O4/c1-3-33-28(31)27-24(19-8-12-21(29)13-9-19)16-23(18-6-4-5-7-18)25(17-34-32-2)26(27)20-10-14-22(30)15-11-20/h8-16,18H,3-7,17H2,1-2H3. The summed E-state index contributed by atoms with van der Waals surface area (Å²) < 4.78 is 33.0. The molecule has 1 aliphatic rings. The minimum absolute atomic E-state index is 0.116. The third-order valence-corrected chi connectivity index (χ3v) is 6.35. The van der Waals surface area contributed by atoms with Crippen molar-refractivity contribution in [1.29, 1.82) is 0 Å². The Balaban J connectivity index is 2.08. The first-order chi connectivity index (χ1) is 16.5. The average Bonchev–Trinajstić information content (AvgIpc) is 3.38. The molecule has 0 heterocycles. The molecule has 4 nitrogen and oxygen atoms in total. The van der Waals surface area contributed by atoms with Crippen LogP contribution in [0.5, 0.6) is 0 Å². The van der Waals surface area contributed by atoms with Crippen molar-refractivity contribution in [2.24, 2.45) is 0 Å². The molecule has 6 heteroatoms. The van der Waals surface area contributed by atoms with Crippen LogP contribution in [0.2, 0.25) is 0 Å². The Morgan fingerprint density at radius 1 is 0.941 bits per heavy atom. The Morgan fingerprint density at radius 2 is 1.53 bits per heavy atom. The topological polar surface area (TPSA) is 44.8 Å². The molecule has 0 spiro atoms. The van der Waals surface area contributed by atoms with E-state index in [0.717, 1.165) is 36.8 Å². The Labute approximate surface area is 198 Å². The highest BCUT2D eigenvalue weighted by atomic mass is 19.1. The van der Waals surface area contributed by atoms with E-state index >= 15 is 0 Å². The summed E-state index contributed by atoms with van der Waals surface area (Å²) in [5.41, 5.74) is 4.86. The first-order valence-electron chi connectivity index (χ1n) is 11.6. The van der Waals surface area contributed by atoms with Gasteiger partial charge in [0.15, 0.2) is 0 Å². The van der Waals surface area contributed by atoms with Gasteiger partial charge in [-0.2, -0.15) is 0 Å². The zero-order chi connectivity index (χ0) is 24.1. The lowest BCUT2D eigenvalue weighted by molar-refractivity contribution is -0.282. The molecule has 1 saturated carbocycles. The summed E-state index contributed by atoms with van der Waals surface area (Å²) in [6.45, 7) is 2.05. The van der Waals surface area contributed by atoms with Crippen LogP contribution in [0, 0.1) is 11.6 Å². The summed E-state index contributed by atoms with van der Waals surface area (Å²) in [5, 5.41) is 0. The smallest absolute Gasteiger partial charge is 0.339 e. The second-order valence-corrected chi connectivity index (χ2v) is 8.39. The Kier molecular flexibility index (Phi) is 7.70. The van der Waals surface area contributed by atoms with Gasteiger partial charge in [-0.05, 0) is 83.8 Å². The molecule has 4 rings (SSSR count). The fourth-order valence-electron chi connectivity index (χ4n) is 4.83. The molecule has 0 atom stereocenters. The minimum Gasteiger partial charge on any atom is -0.462 e. The molecular formula is C28H28F2O4. The van der Waals surface area contributed by atoms with Crippen LogP contribution in [0.25, 0.3) is 22.3 Å². The van der Waals surface area contributed by atoms with Gasteiger partial charge in [0, 0.05) is 5.56 Å². The molecule has 0 aromatic heterocycles. The number of esters is 1. The quantitative estimate of drug-likeness (QED) is 0.200. The maximum atomic E-state index is 13.8. The van der Waals surface area contributed by atoms with Crippen LogP contribution >= 0.6 is 0 Å². The van der Waals surface area contributed by atoms with E-state index in [0.29, 0.717) is 27.8 Å². The number of hydrogen-bond acceptors (Lipinski definition) is 4. The van der Waals surface area contributed by atoms with E-state index in [1.165, 1.54) is 31.4 Å². The maximum absolute atomic E-state index is 13.8. The van der Waals surface area contributed by atoms with E-state index < -0.39 is 5.97 Å². The van der Waals surface area contributed by atoms with E-state index in [1.54, 1.807) is 31.2 Å². The van der Waals surface area contributed by atoms with Crippen LogP contribution in [-0.2, 0) is 21.1 Å². The predicted octanol–water partition coefficient (Wildman–Crippen LogP) is 7.21. The highest BCUT2D eigenvalue weighted by Crippen LogP contribution is 2.44. The Bertz CT molecular complexity index is 1130. The predicted molar refractivity (Wildman–Crippen MR) is 126 cm³/mol. The van der Waals surface area contributed by atoms with Crippen LogP contribution in [0.15, 0.2) is 54.6 Å². The van der Waals surface area contributed by atoms with E-state index in [4.69, 9.17) is 14.5 Å². The molecule has 3 aromatic rings. The van der Waals surface area contributed by atoms with Gasteiger partial charge in [-0.25, -0.2) is 23.4 Å². The molecule has 0 radical (unpaired) electrons. The van der Waals surface area contributed by atoms with Crippen molar-refractivity contribution in [1.82, 2.24) is 0 Å². The SMILES string of the molecule is CCOC(=O)c1c(-c2ccc(F)cc2)cc(C2CCCC2)c(COOC)c1-c1ccc(F)cc1. The van der Waals surface area contributed by atoms with Crippen molar-refractivity contribution in [3.05, 3.63) is 82.9 Å². The normalized spacial score (nSPS) is 13.9. The number of carbonyl (C=O) groups is 1. The number of rotatable bonds is 8. The summed E-state index contributed by atoms with van der Waals surface area (Å²) in [4.78, 5) is 23.7. The molecule has 0 saturated heterocycles. The van der Waals surface area contributed by atoms with Gasteiger partial charge >= 0.3 is 5.97 Å². The van der Waals surface area contributed by atoms with Crippen molar-refractivity contribution in [3.8, 4) is 22.3 Å². The number of ether oxygens (including phenoxy) is 1. The van der Waals surface area contributed by atoms with Gasteiger partial charge in [0.1, 0.15) is 18.2 Å². The van der Waals surface area contributed by atoms with Crippen molar-refractivity contribution >= 4 is 5.97 Å². The minimum atomic E-state index is -0.502. The third kappa shape index (κ3) is 5.03. The summed E-state index contributed by atoms with van der Waals surface area (Å²) in [5.74, 6) is -0.953. The van der Waals surface area contributed by atoms with E-state index in [2.05, 4.69) is 0 Å². The monoisotopic (exact) mass is 466 g/mol. The van der Waals surface area contributed by atoms with Crippen molar-refractivity contribution < 1.29 is 28.1 Å². The van der Waals surface area contributed by atoms with Crippen LogP contribution in [0.4, 0.5) is 8.78 Å². The van der Waals surface area contributed by atoms with Gasteiger partial charge in [-0.3, -0.25) is 0 Å². The second-order valence-electron chi connectivity index (χ2n) is 8.39.